The Labute approximate surface area is 149 Å². The maximum atomic E-state index is 13.5. The highest BCUT2D eigenvalue weighted by atomic mass is 19.1. The molecule has 26 heavy (non-hydrogen) atoms. The third kappa shape index (κ3) is 4.33. The van der Waals surface area contributed by atoms with E-state index >= 15 is 0 Å². The maximum absolute atomic E-state index is 13.5. The van der Waals surface area contributed by atoms with Gasteiger partial charge in [-0.3, -0.25) is 4.79 Å². The number of ether oxygens (including phenoxy) is 1. The lowest BCUT2D eigenvalue weighted by Crippen LogP contribution is -2.20. The summed E-state index contributed by atoms with van der Waals surface area (Å²) < 4.78 is 18.3. The summed E-state index contributed by atoms with van der Waals surface area (Å²) in [6.45, 7) is -0.493. The van der Waals surface area contributed by atoms with Gasteiger partial charge < -0.3 is 10.1 Å². The molecule has 0 aliphatic carbocycles. The third-order valence-corrected chi connectivity index (χ3v) is 3.72. The maximum Gasteiger partial charge on any atom is 0.331 e. The molecule has 0 aliphatic rings. The zero-order chi connectivity index (χ0) is 18.4. The molecule has 0 spiro atoms. The number of benzene rings is 3. The Bertz CT molecular complexity index is 976. The standard InChI is InChI=1S/C21H16FNO3/c22-18-10-3-4-11-19(18)23-20(24)14-26-21(25)13-12-16-8-5-7-15-6-1-2-9-17(15)16/h1-13H,14H2,(H,23,24). The van der Waals surface area contributed by atoms with Gasteiger partial charge in [0.2, 0.25) is 0 Å². The summed E-state index contributed by atoms with van der Waals surface area (Å²) in [6, 6.07) is 19.3. The van der Waals surface area contributed by atoms with E-state index in [1.807, 2.05) is 42.5 Å². The van der Waals surface area contributed by atoms with Gasteiger partial charge in [-0.1, -0.05) is 54.6 Å². The number of halogens is 1. The number of anilines is 1. The van der Waals surface area contributed by atoms with Crippen LogP contribution in [-0.4, -0.2) is 18.5 Å². The number of carbonyl (C=O) groups excluding carboxylic acids is 2. The highest BCUT2D eigenvalue weighted by Crippen LogP contribution is 2.19. The number of fused-ring (bicyclic) bond motifs is 1. The average Bonchev–Trinajstić information content (AvgIpc) is 2.66. The Morgan fingerprint density at radius 1 is 0.962 bits per heavy atom. The molecule has 3 aromatic carbocycles. The van der Waals surface area contributed by atoms with Crippen LogP contribution in [-0.2, 0) is 14.3 Å². The summed E-state index contributed by atoms with van der Waals surface area (Å²) in [6.07, 6.45) is 2.90. The van der Waals surface area contributed by atoms with Gasteiger partial charge in [0.25, 0.3) is 5.91 Å². The van der Waals surface area contributed by atoms with E-state index in [1.165, 1.54) is 24.3 Å². The zero-order valence-corrected chi connectivity index (χ0v) is 13.8. The molecular weight excluding hydrogens is 333 g/mol. The summed E-state index contributed by atoms with van der Waals surface area (Å²) >= 11 is 0. The van der Waals surface area contributed by atoms with Gasteiger partial charge in [0.15, 0.2) is 6.61 Å². The lowest BCUT2D eigenvalue weighted by Gasteiger charge is -2.06. The van der Waals surface area contributed by atoms with Gasteiger partial charge in [-0.05, 0) is 34.5 Å². The van der Waals surface area contributed by atoms with Crippen molar-refractivity contribution in [3.05, 3.63) is 84.2 Å². The predicted molar refractivity (Wildman–Crippen MR) is 99.0 cm³/mol. The molecule has 0 bridgehead atoms. The highest BCUT2D eigenvalue weighted by Gasteiger charge is 2.08. The van der Waals surface area contributed by atoms with Crippen LogP contribution in [0.25, 0.3) is 16.8 Å². The van der Waals surface area contributed by atoms with Crippen LogP contribution in [0.4, 0.5) is 10.1 Å². The van der Waals surface area contributed by atoms with Crippen LogP contribution < -0.4 is 5.32 Å². The highest BCUT2D eigenvalue weighted by molar-refractivity contribution is 5.97. The molecule has 1 N–H and O–H groups in total. The van der Waals surface area contributed by atoms with Gasteiger partial charge in [0.1, 0.15) is 5.82 Å². The van der Waals surface area contributed by atoms with Crippen LogP contribution in [0.2, 0.25) is 0 Å². The molecule has 3 aromatic rings. The van der Waals surface area contributed by atoms with Gasteiger partial charge in [-0.15, -0.1) is 0 Å². The Morgan fingerprint density at radius 3 is 2.54 bits per heavy atom. The van der Waals surface area contributed by atoms with Crippen molar-refractivity contribution in [3.8, 4) is 0 Å². The molecule has 0 fully saturated rings. The number of hydrogen-bond acceptors (Lipinski definition) is 3. The minimum atomic E-state index is -0.651. The van der Waals surface area contributed by atoms with Gasteiger partial charge >= 0.3 is 5.97 Å². The Kier molecular flexibility index (Phi) is 5.39. The molecule has 1 amide bonds. The monoisotopic (exact) mass is 349 g/mol. The van der Waals surface area contributed by atoms with E-state index in [0.717, 1.165) is 16.3 Å². The van der Waals surface area contributed by atoms with Crippen LogP contribution in [0.1, 0.15) is 5.56 Å². The van der Waals surface area contributed by atoms with E-state index in [9.17, 15) is 14.0 Å². The normalized spacial score (nSPS) is 10.8. The number of hydrogen-bond donors (Lipinski definition) is 1. The molecule has 0 saturated heterocycles. The van der Waals surface area contributed by atoms with Crippen molar-refractivity contribution >= 4 is 34.4 Å². The van der Waals surface area contributed by atoms with Crippen LogP contribution in [0.5, 0.6) is 0 Å². The van der Waals surface area contributed by atoms with E-state index in [-0.39, 0.29) is 5.69 Å². The first kappa shape index (κ1) is 17.4. The number of amides is 1. The topological polar surface area (TPSA) is 55.4 Å². The summed E-state index contributed by atoms with van der Waals surface area (Å²) in [5.41, 5.74) is 0.913. The van der Waals surface area contributed by atoms with Crippen LogP contribution in [0.3, 0.4) is 0 Å². The molecule has 5 heteroatoms. The van der Waals surface area contributed by atoms with Crippen molar-refractivity contribution < 1.29 is 18.7 Å². The van der Waals surface area contributed by atoms with E-state index in [4.69, 9.17) is 4.74 Å². The largest absolute Gasteiger partial charge is 0.452 e. The molecule has 4 nitrogen and oxygen atoms in total. The number of rotatable bonds is 5. The fourth-order valence-electron chi connectivity index (χ4n) is 2.49. The van der Waals surface area contributed by atoms with E-state index in [2.05, 4.69) is 5.32 Å². The quantitative estimate of drug-likeness (QED) is 0.555. The van der Waals surface area contributed by atoms with Crippen LogP contribution >= 0.6 is 0 Å². The summed E-state index contributed by atoms with van der Waals surface area (Å²) in [7, 11) is 0. The van der Waals surface area contributed by atoms with E-state index < -0.39 is 24.3 Å². The molecule has 0 unspecified atom stereocenters. The third-order valence-electron chi connectivity index (χ3n) is 3.72. The van der Waals surface area contributed by atoms with Crippen molar-refractivity contribution in [2.75, 3.05) is 11.9 Å². The van der Waals surface area contributed by atoms with Crippen LogP contribution in [0, 0.1) is 5.82 Å². The van der Waals surface area contributed by atoms with E-state index in [0.29, 0.717) is 0 Å². The SMILES string of the molecule is O=C(COC(=O)C=Cc1cccc2ccccc12)Nc1ccccc1F. The van der Waals surface area contributed by atoms with Crippen molar-refractivity contribution in [2.45, 2.75) is 0 Å². The van der Waals surface area contributed by atoms with Crippen molar-refractivity contribution in [1.82, 2.24) is 0 Å². The molecule has 3 rings (SSSR count). The second kappa shape index (κ2) is 8.07. The van der Waals surface area contributed by atoms with Crippen LogP contribution in [0.15, 0.2) is 72.8 Å². The number of para-hydroxylation sites is 1. The first-order valence-electron chi connectivity index (χ1n) is 8.00. The minimum Gasteiger partial charge on any atom is -0.452 e. The minimum absolute atomic E-state index is 0.0415. The van der Waals surface area contributed by atoms with Gasteiger partial charge in [-0.2, -0.15) is 0 Å². The van der Waals surface area contributed by atoms with Gasteiger partial charge in [-0.25, -0.2) is 9.18 Å². The molecule has 0 aromatic heterocycles. The zero-order valence-electron chi connectivity index (χ0n) is 13.8. The molecular formula is C21H16FNO3. The molecule has 0 saturated carbocycles. The van der Waals surface area contributed by atoms with Gasteiger partial charge in [0, 0.05) is 6.08 Å². The molecule has 0 atom stereocenters. The molecule has 130 valence electrons. The molecule has 0 aliphatic heterocycles. The lowest BCUT2D eigenvalue weighted by molar-refractivity contribution is -0.142. The fourth-order valence-corrected chi connectivity index (χ4v) is 2.49. The number of nitrogens with one attached hydrogen (secondary N) is 1. The van der Waals surface area contributed by atoms with Crippen molar-refractivity contribution in [1.29, 1.82) is 0 Å². The van der Waals surface area contributed by atoms with Crippen molar-refractivity contribution in [3.63, 3.8) is 0 Å². The number of esters is 1. The van der Waals surface area contributed by atoms with E-state index in [1.54, 1.807) is 12.1 Å². The number of carbonyl (C=O) groups is 2. The second-order valence-electron chi connectivity index (χ2n) is 5.54. The summed E-state index contributed by atoms with van der Waals surface area (Å²) in [4.78, 5) is 23.6. The predicted octanol–water partition coefficient (Wildman–Crippen LogP) is 4.17. The van der Waals surface area contributed by atoms with Crippen molar-refractivity contribution in [2.24, 2.45) is 0 Å². The van der Waals surface area contributed by atoms with Gasteiger partial charge in [0.05, 0.1) is 5.69 Å². The molecule has 0 radical (unpaired) electrons. The first-order chi connectivity index (χ1) is 12.6. The summed E-state index contributed by atoms with van der Waals surface area (Å²) in [5.74, 6) is -1.81. The Morgan fingerprint density at radius 2 is 1.69 bits per heavy atom. The Hall–Kier alpha value is -3.47. The lowest BCUT2D eigenvalue weighted by atomic mass is 10.0. The summed E-state index contributed by atoms with van der Waals surface area (Å²) in [5, 5.41) is 4.42. The fraction of sp³-hybridized carbons (Fsp3) is 0.0476. The second-order valence-corrected chi connectivity index (χ2v) is 5.54. The Balaban J connectivity index is 1.58. The first-order valence-corrected chi connectivity index (χ1v) is 8.00. The smallest absolute Gasteiger partial charge is 0.331 e. The average molecular weight is 349 g/mol. The molecule has 0 heterocycles.